The van der Waals surface area contributed by atoms with Crippen molar-refractivity contribution in [2.45, 2.75) is 64.4 Å². The smallest absolute Gasteiger partial charge is 0.407 e. The first-order valence-corrected chi connectivity index (χ1v) is 8.04. The van der Waals surface area contributed by atoms with Crippen LogP contribution in [0.4, 0.5) is 4.79 Å². The molecule has 6 heteroatoms. The van der Waals surface area contributed by atoms with Gasteiger partial charge in [-0.25, -0.2) is 4.79 Å². The van der Waals surface area contributed by atoms with Gasteiger partial charge < -0.3 is 15.8 Å². The average molecular weight is 302 g/mol. The number of ether oxygens (including phenoxy) is 1. The fourth-order valence-electron chi connectivity index (χ4n) is 2.54. The Morgan fingerprint density at radius 1 is 1.45 bits per heavy atom. The maximum absolute atomic E-state index is 11.8. The number of amides is 2. The molecule has 2 amide bonds. The number of alkyl carbamates (subject to hydrolysis) is 1. The molecule has 1 saturated carbocycles. The van der Waals surface area contributed by atoms with Crippen LogP contribution in [-0.2, 0) is 9.53 Å². The summed E-state index contributed by atoms with van der Waals surface area (Å²) in [5.41, 5.74) is 4.46. The SMILES string of the molecule is CCS[C@@H]1CC(NC(=O)OC(C)(C)C)C[C@@]1(C)C(N)=O. The first-order valence-electron chi connectivity index (χ1n) is 6.99. The van der Waals surface area contributed by atoms with Gasteiger partial charge in [0.1, 0.15) is 5.60 Å². The van der Waals surface area contributed by atoms with Gasteiger partial charge in [-0.2, -0.15) is 11.8 Å². The average Bonchev–Trinajstić information content (AvgIpc) is 2.54. The molecule has 0 aromatic heterocycles. The fraction of sp³-hybridized carbons (Fsp3) is 0.857. The van der Waals surface area contributed by atoms with Crippen LogP contribution in [0.5, 0.6) is 0 Å². The first-order chi connectivity index (χ1) is 9.08. The van der Waals surface area contributed by atoms with Crippen LogP contribution < -0.4 is 11.1 Å². The van der Waals surface area contributed by atoms with E-state index in [1.807, 2.05) is 27.7 Å². The molecule has 0 heterocycles. The molecule has 0 spiro atoms. The van der Waals surface area contributed by atoms with Gasteiger partial charge >= 0.3 is 6.09 Å². The summed E-state index contributed by atoms with van der Waals surface area (Å²) in [6, 6.07) is -0.0635. The Labute approximate surface area is 125 Å². The van der Waals surface area contributed by atoms with E-state index in [9.17, 15) is 9.59 Å². The molecule has 1 aliphatic carbocycles. The molecule has 0 bridgehead atoms. The highest BCUT2D eigenvalue weighted by Crippen LogP contribution is 2.44. The largest absolute Gasteiger partial charge is 0.444 e. The van der Waals surface area contributed by atoms with Gasteiger partial charge in [-0.15, -0.1) is 0 Å². The molecular formula is C14H26N2O3S. The molecule has 1 rings (SSSR count). The molecule has 0 aromatic rings. The van der Waals surface area contributed by atoms with Crippen molar-refractivity contribution in [1.82, 2.24) is 5.32 Å². The topological polar surface area (TPSA) is 81.4 Å². The number of primary amides is 1. The number of hydrogen-bond donors (Lipinski definition) is 2. The molecule has 0 radical (unpaired) electrons. The van der Waals surface area contributed by atoms with Crippen LogP contribution in [0.25, 0.3) is 0 Å². The van der Waals surface area contributed by atoms with Crippen molar-refractivity contribution in [1.29, 1.82) is 0 Å². The first kappa shape index (κ1) is 17.1. The quantitative estimate of drug-likeness (QED) is 0.835. The molecular weight excluding hydrogens is 276 g/mol. The molecule has 3 N–H and O–H groups in total. The van der Waals surface area contributed by atoms with Crippen molar-refractivity contribution in [2.24, 2.45) is 11.1 Å². The molecule has 116 valence electrons. The summed E-state index contributed by atoms with van der Waals surface area (Å²) in [7, 11) is 0. The fourth-order valence-corrected chi connectivity index (χ4v) is 3.89. The van der Waals surface area contributed by atoms with Gasteiger partial charge in [-0.3, -0.25) is 4.79 Å². The zero-order valence-corrected chi connectivity index (χ0v) is 13.8. The predicted molar refractivity (Wildman–Crippen MR) is 81.6 cm³/mol. The van der Waals surface area contributed by atoms with Crippen molar-refractivity contribution < 1.29 is 14.3 Å². The Kier molecular flexibility index (Phi) is 5.35. The van der Waals surface area contributed by atoms with E-state index in [-0.39, 0.29) is 17.2 Å². The number of carbonyl (C=O) groups excluding carboxylic acids is 2. The maximum Gasteiger partial charge on any atom is 0.407 e. The lowest BCUT2D eigenvalue weighted by molar-refractivity contribution is -0.126. The van der Waals surface area contributed by atoms with Gasteiger partial charge in [-0.05, 0) is 46.3 Å². The molecule has 0 aliphatic heterocycles. The highest BCUT2D eigenvalue weighted by molar-refractivity contribution is 7.99. The van der Waals surface area contributed by atoms with E-state index >= 15 is 0 Å². The number of nitrogens with one attached hydrogen (secondary N) is 1. The molecule has 3 atom stereocenters. The third-order valence-corrected chi connectivity index (χ3v) is 4.98. The van der Waals surface area contributed by atoms with E-state index in [2.05, 4.69) is 12.2 Å². The number of nitrogens with two attached hydrogens (primary N) is 1. The van der Waals surface area contributed by atoms with Crippen LogP contribution in [0.15, 0.2) is 0 Å². The summed E-state index contributed by atoms with van der Waals surface area (Å²) in [5.74, 6) is 0.629. The van der Waals surface area contributed by atoms with E-state index in [0.29, 0.717) is 6.42 Å². The Balaban J connectivity index is 2.67. The Morgan fingerprint density at radius 2 is 2.05 bits per heavy atom. The second-order valence-electron chi connectivity index (χ2n) is 6.51. The summed E-state index contributed by atoms with van der Waals surface area (Å²) in [5, 5.41) is 3.00. The normalized spacial score (nSPS) is 30.1. The van der Waals surface area contributed by atoms with Crippen LogP contribution in [0, 0.1) is 5.41 Å². The zero-order chi connectivity index (χ0) is 15.6. The lowest BCUT2D eigenvalue weighted by atomic mass is 9.87. The number of carbonyl (C=O) groups is 2. The molecule has 20 heavy (non-hydrogen) atoms. The summed E-state index contributed by atoms with van der Waals surface area (Å²) in [6.07, 6.45) is 0.882. The predicted octanol–water partition coefficient (Wildman–Crippen LogP) is 2.29. The standard InChI is InChI=1S/C14H26N2O3S/c1-6-20-10-7-9(8-14(10,5)11(15)17)16-12(18)19-13(2,3)4/h9-10H,6-8H2,1-5H3,(H2,15,17)(H,16,18)/t9?,10-,14-/m1/s1. The van der Waals surface area contributed by atoms with Crippen molar-refractivity contribution in [3.05, 3.63) is 0 Å². The van der Waals surface area contributed by atoms with Crippen LogP contribution in [0.2, 0.25) is 0 Å². The lowest BCUT2D eigenvalue weighted by Gasteiger charge is -2.27. The number of rotatable bonds is 4. The highest BCUT2D eigenvalue weighted by atomic mass is 32.2. The summed E-state index contributed by atoms with van der Waals surface area (Å²) >= 11 is 1.73. The third kappa shape index (κ3) is 4.30. The van der Waals surface area contributed by atoms with Crippen LogP contribution >= 0.6 is 11.8 Å². The highest BCUT2D eigenvalue weighted by Gasteiger charge is 2.48. The van der Waals surface area contributed by atoms with Crippen molar-refractivity contribution in [2.75, 3.05) is 5.75 Å². The van der Waals surface area contributed by atoms with Crippen molar-refractivity contribution in [3.8, 4) is 0 Å². The summed E-state index contributed by atoms with van der Waals surface area (Å²) < 4.78 is 5.25. The van der Waals surface area contributed by atoms with E-state index in [0.717, 1.165) is 12.2 Å². The minimum atomic E-state index is -0.569. The van der Waals surface area contributed by atoms with Gasteiger partial charge in [0.25, 0.3) is 0 Å². The molecule has 5 nitrogen and oxygen atoms in total. The maximum atomic E-state index is 11.8. The zero-order valence-electron chi connectivity index (χ0n) is 13.0. The van der Waals surface area contributed by atoms with Gasteiger partial charge in [0.15, 0.2) is 0 Å². The molecule has 1 fully saturated rings. The van der Waals surface area contributed by atoms with E-state index in [1.54, 1.807) is 11.8 Å². The summed E-state index contributed by atoms with van der Waals surface area (Å²) in [4.78, 5) is 23.5. The van der Waals surface area contributed by atoms with E-state index < -0.39 is 17.1 Å². The minimum Gasteiger partial charge on any atom is -0.444 e. The second kappa shape index (κ2) is 6.24. The van der Waals surface area contributed by atoms with Gasteiger partial charge in [0.2, 0.25) is 5.91 Å². The van der Waals surface area contributed by atoms with Crippen LogP contribution in [0.1, 0.15) is 47.5 Å². The van der Waals surface area contributed by atoms with Gasteiger partial charge in [-0.1, -0.05) is 6.92 Å². The Bertz CT molecular complexity index is 381. The second-order valence-corrected chi connectivity index (χ2v) is 7.99. The Hall–Kier alpha value is -0.910. The lowest BCUT2D eigenvalue weighted by Crippen LogP contribution is -2.41. The van der Waals surface area contributed by atoms with Crippen molar-refractivity contribution >= 4 is 23.8 Å². The van der Waals surface area contributed by atoms with Crippen LogP contribution in [0.3, 0.4) is 0 Å². The Morgan fingerprint density at radius 3 is 2.50 bits per heavy atom. The monoisotopic (exact) mass is 302 g/mol. The summed E-state index contributed by atoms with van der Waals surface area (Å²) in [6.45, 7) is 9.42. The van der Waals surface area contributed by atoms with Crippen molar-refractivity contribution in [3.63, 3.8) is 0 Å². The number of thioether (sulfide) groups is 1. The van der Waals surface area contributed by atoms with Gasteiger partial charge in [0, 0.05) is 11.3 Å². The molecule has 1 aliphatic rings. The molecule has 1 unspecified atom stereocenters. The number of hydrogen-bond acceptors (Lipinski definition) is 4. The third-order valence-electron chi connectivity index (χ3n) is 3.53. The van der Waals surface area contributed by atoms with E-state index in [1.165, 1.54) is 0 Å². The van der Waals surface area contributed by atoms with E-state index in [4.69, 9.17) is 10.5 Å². The van der Waals surface area contributed by atoms with Crippen LogP contribution in [-0.4, -0.2) is 34.6 Å². The minimum absolute atomic E-state index is 0.0635. The molecule has 0 aromatic carbocycles. The van der Waals surface area contributed by atoms with Gasteiger partial charge in [0.05, 0.1) is 5.41 Å². The molecule has 0 saturated heterocycles.